The highest BCUT2D eigenvalue weighted by atomic mass is 19.4. The van der Waals surface area contributed by atoms with Gasteiger partial charge in [0.1, 0.15) is 0 Å². The maximum atomic E-state index is 12.5. The molecule has 1 aromatic carbocycles. The van der Waals surface area contributed by atoms with Crippen molar-refractivity contribution in [3.63, 3.8) is 0 Å². The Kier molecular flexibility index (Phi) is 2.73. The van der Waals surface area contributed by atoms with Gasteiger partial charge >= 0.3 is 6.18 Å². The number of anilines is 2. The van der Waals surface area contributed by atoms with Crippen LogP contribution < -0.4 is 11.1 Å². The second-order valence-corrected chi connectivity index (χ2v) is 4.03. The van der Waals surface area contributed by atoms with Crippen LogP contribution in [0.4, 0.5) is 24.5 Å². The molecule has 0 aliphatic heterocycles. The van der Waals surface area contributed by atoms with Gasteiger partial charge in [0.15, 0.2) is 0 Å². The Balaban J connectivity index is 2.25. The molecule has 3 nitrogen and oxygen atoms in total. The minimum atomic E-state index is -4.51. The minimum absolute atomic E-state index is 0.0247. The van der Waals surface area contributed by atoms with Crippen LogP contribution in [-0.2, 0) is 11.0 Å². The zero-order valence-electron chi connectivity index (χ0n) is 8.84. The number of halogens is 3. The molecular weight excluding hydrogens is 233 g/mol. The summed E-state index contributed by atoms with van der Waals surface area (Å²) in [6.07, 6.45) is -2.94. The zero-order valence-corrected chi connectivity index (χ0v) is 8.84. The van der Waals surface area contributed by atoms with Crippen LogP contribution in [0.25, 0.3) is 0 Å². The number of benzene rings is 1. The highest BCUT2D eigenvalue weighted by Crippen LogP contribution is 2.37. The van der Waals surface area contributed by atoms with E-state index in [0.717, 1.165) is 18.9 Å². The molecule has 1 aromatic rings. The normalized spacial score (nSPS) is 15.7. The van der Waals surface area contributed by atoms with Gasteiger partial charge in [0.05, 0.1) is 16.9 Å². The number of amides is 1. The Hall–Kier alpha value is -1.72. The maximum absolute atomic E-state index is 12.5. The van der Waals surface area contributed by atoms with Crippen molar-refractivity contribution in [2.45, 2.75) is 19.0 Å². The summed E-state index contributed by atoms with van der Waals surface area (Å²) < 4.78 is 37.6. The summed E-state index contributed by atoms with van der Waals surface area (Å²) in [4.78, 5) is 11.4. The third kappa shape index (κ3) is 2.51. The van der Waals surface area contributed by atoms with Crippen molar-refractivity contribution in [1.82, 2.24) is 0 Å². The molecule has 0 saturated heterocycles. The first kappa shape index (κ1) is 11.8. The molecule has 3 N–H and O–H groups in total. The number of hydrogen-bond donors (Lipinski definition) is 2. The van der Waals surface area contributed by atoms with E-state index in [9.17, 15) is 18.0 Å². The number of alkyl halides is 3. The van der Waals surface area contributed by atoms with Crippen molar-refractivity contribution in [2.24, 2.45) is 5.92 Å². The van der Waals surface area contributed by atoms with Crippen LogP contribution in [0, 0.1) is 5.92 Å². The van der Waals surface area contributed by atoms with Crippen molar-refractivity contribution < 1.29 is 18.0 Å². The Morgan fingerprint density at radius 2 is 2.00 bits per heavy atom. The Morgan fingerprint density at radius 1 is 1.35 bits per heavy atom. The molecule has 0 atom stereocenters. The van der Waals surface area contributed by atoms with Crippen LogP contribution in [0.2, 0.25) is 0 Å². The number of nitrogen functional groups attached to an aromatic ring is 1. The molecule has 0 unspecified atom stereocenters. The average Bonchev–Trinajstić information content (AvgIpc) is 3.02. The molecule has 0 bridgehead atoms. The van der Waals surface area contributed by atoms with Gasteiger partial charge < -0.3 is 11.1 Å². The summed E-state index contributed by atoms with van der Waals surface area (Å²) in [7, 11) is 0. The Bertz CT molecular complexity index is 453. The summed E-state index contributed by atoms with van der Waals surface area (Å²) in [6, 6.07) is 3.48. The monoisotopic (exact) mass is 244 g/mol. The van der Waals surface area contributed by atoms with Crippen LogP contribution in [0.3, 0.4) is 0 Å². The smallest absolute Gasteiger partial charge is 0.397 e. The first-order valence-electron chi connectivity index (χ1n) is 5.16. The fourth-order valence-corrected chi connectivity index (χ4v) is 1.50. The van der Waals surface area contributed by atoms with E-state index in [4.69, 9.17) is 5.73 Å². The number of carbonyl (C=O) groups excluding carboxylic acids is 1. The van der Waals surface area contributed by atoms with E-state index in [1.807, 2.05) is 0 Å². The Morgan fingerprint density at radius 3 is 2.53 bits per heavy atom. The van der Waals surface area contributed by atoms with E-state index in [0.29, 0.717) is 0 Å². The number of nitrogens with two attached hydrogens (primary N) is 1. The summed E-state index contributed by atoms with van der Waals surface area (Å²) >= 11 is 0. The minimum Gasteiger partial charge on any atom is -0.397 e. The van der Waals surface area contributed by atoms with E-state index in [1.54, 1.807) is 0 Å². The predicted octanol–water partition coefficient (Wildman–Crippen LogP) is 2.64. The molecular formula is C11H11F3N2O. The van der Waals surface area contributed by atoms with Crippen molar-refractivity contribution in [2.75, 3.05) is 11.1 Å². The van der Waals surface area contributed by atoms with Gasteiger partial charge in [-0.1, -0.05) is 6.07 Å². The molecule has 92 valence electrons. The molecule has 0 aromatic heterocycles. The fraction of sp³-hybridized carbons (Fsp3) is 0.364. The first-order chi connectivity index (χ1) is 7.89. The van der Waals surface area contributed by atoms with Gasteiger partial charge in [-0.25, -0.2) is 0 Å². The van der Waals surface area contributed by atoms with Crippen molar-refractivity contribution in [3.8, 4) is 0 Å². The van der Waals surface area contributed by atoms with E-state index in [2.05, 4.69) is 5.32 Å². The lowest BCUT2D eigenvalue weighted by molar-refractivity contribution is -0.136. The summed E-state index contributed by atoms with van der Waals surface area (Å²) in [6.45, 7) is 0. The van der Waals surface area contributed by atoms with Gasteiger partial charge in [0, 0.05) is 5.92 Å². The number of para-hydroxylation sites is 1. The molecule has 2 rings (SSSR count). The van der Waals surface area contributed by atoms with Gasteiger partial charge in [0.25, 0.3) is 0 Å². The predicted molar refractivity (Wildman–Crippen MR) is 57.2 cm³/mol. The van der Waals surface area contributed by atoms with Crippen molar-refractivity contribution >= 4 is 17.3 Å². The standard InChI is InChI=1S/C11H11F3N2O/c12-11(13,14)7-2-1-3-8(9(7)15)16-10(17)6-4-5-6/h1-3,6H,4-5,15H2,(H,16,17). The Labute approximate surface area is 95.8 Å². The number of nitrogens with one attached hydrogen (secondary N) is 1. The second-order valence-electron chi connectivity index (χ2n) is 4.03. The molecule has 1 saturated carbocycles. The highest BCUT2D eigenvalue weighted by Gasteiger charge is 2.34. The SMILES string of the molecule is Nc1c(NC(=O)C2CC2)cccc1C(F)(F)F. The quantitative estimate of drug-likeness (QED) is 0.786. The molecule has 0 radical (unpaired) electrons. The summed E-state index contributed by atoms with van der Waals surface area (Å²) in [5.74, 6) is -0.347. The largest absolute Gasteiger partial charge is 0.418 e. The molecule has 1 fully saturated rings. The van der Waals surface area contributed by atoms with Crippen LogP contribution in [0.5, 0.6) is 0 Å². The van der Waals surface area contributed by atoms with Crippen LogP contribution in [-0.4, -0.2) is 5.91 Å². The average molecular weight is 244 g/mol. The van der Waals surface area contributed by atoms with Crippen LogP contribution in [0.15, 0.2) is 18.2 Å². The van der Waals surface area contributed by atoms with Gasteiger partial charge in [-0.2, -0.15) is 13.2 Å². The van der Waals surface area contributed by atoms with Gasteiger partial charge in [-0.15, -0.1) is 0 Å². The third-order valence-corrected chi connectivity index (χ3v) is 2.62. The molecule has 6 heteroatoms. The van der Waals surface area contributed by atoms with Crippen molar-refractivity contribution in [1.29, 1.82) is 0 Å². The fourth-order valence-electron chi connectivity index (χ4n) is 1.50. The molecule has 1 amide bonds. The van der Waals surface area contributed by atoms with E-state index >= 15 is 0 Å². The zero-order chi connectivity index (χ0) is 12.6. The lowest BCUT2D eigenvalue weighted by Gasteiger charge is -2.14. The first-order valence-corrected chi connectivity index (χ1v) is 5.16. The van der Waals surface area contributed by atoms with Gasteiger partial charge in [-0.3, -0.25) is 4.79 Å². The van der Waals surface area contributed by atoms with Crippen molar-refractivity contribution in [3.05, 3.63) is 23.8 Å². The number of carbonyl (C=O) groups is 1. The highest BCUT2D eigenvalue weighted by molar-refractivity contribution is 5.97. The lowest BCUT2D eigenvalue weighted by atomic mass is 10.1. The van der Waals surface area contributed by atoms with E-state index < -0.39 is 17.4 Å². The van der Waals surface area contributed by atoms with Crippen LogP contribution in [0.1, 0.15) is 18.4 Å². The lowest BCUT2D eigenvalue weighted by Crippen LogP contribution is -2.17. The molecule has 0 spiro atoms. The summed E-state index contributed by atoms with van der Waals surface area (Å²) in [5, 5.41) is 2.42. The van der Waals surface area contributed by atoms with E-state index in [1.165, 1.54) is 12.1 Å². The summed E-state index contributed by atoms with van der Waals surface area (Å²) in [5.41, 5.74) is 4.07. The molecule has 1 aliphatic rings. The number of rotatable bonds is 2. The number of hydrogen-bond acceptors (Lipinski definition) is 2. The molecule has 1 aliphatic carbocycles. The maximum Gasteiger partial charge on any atom is 0.418 e. The second kappa shape index (κ2) is 3.94. The van der Waals surface area contributed by atoms with Gasteiger partial charge in [0.2, 0.25) is 5.91 Å². The molecule has 0 heterocycles. The van der Waals surface area contributed by atoms with Gasteiger partial charge in [-0.05, 0) is 25.0 Å². The third-order valence-electron chi connectivity index (χ3n) is 2.62. The topological polar surface area (TPSA) is 55.1 Å². The van der Waals surface area contributed by atoms with Crippen LogP contribution >= 0.6 is 0 Å². The molecule has 17 heavy (non-hydrogen) atoms. The van der Waals surface area contributed by atoms with E-state index in [-0.39, 0.29) is 17.5 Å².